The van der Waals surface area contributed by atoms with Crippen LogP contribution in [0, 0.1) is 0 Å². The van der Waals surface area contributed by atoms with Crippen molar-refractivity contribution in [3.05, 3.63) is 70.8 Å². The Morgan fingerprint density at radius 1 is 1.08 bits per heavy atom. The monoisotopic (exact) mass is 510 g/mol. The number of rotatable bonds is 9. The van der Waals surface area contributed by atoms with Gasteiger partial charge in [0.05, 0.1) is 24.2 Å². The van der Waals surface area contributed by atoms with Crippen LogP contribution in [0.25, 0.3) is 22.5 Å². The van der Waals surface area contributed by atoms with Gasteiger partial charge in [-0.3, -0.25) is 0 Å². The minimum atomic E-state index is -1.13. The lowest BCUT2D eigenvalue weighted by atomic mass is 9.80. The Kier molecular flexibility index (Phi) is 8.60. The van der Waals surface area contributed by atoms with Crippen LogP contribution in [0.2, 0.25) is 0 Å². The predicted octanol–water partition coefficient (Wildman–Crippen LogP) is 4.63. The van der Waals surface area contributed by atoms with E-state index in [0.717, 1.165) is 46.2 Å². The summed E-state index contributed by atoms with van der Waals surface area (Å²) in [5.41, 5.74) is 5.37. The number of hydrogen-bond donors (Lipinski definition) is 3. The molecule has 0 saturated carbocycles. The third-order valence-electron chi connectivity index (χ3n) is 5.88. The minimum absolute atomic E-state index is 0. The van der Waals surface area contributed by atoms with Gasteiger partial charge in [0, 0.05) is 12.0 Å². The standard InChI is InChI=1S/C26H30N6O3.ClH/c1-5-9-17-16(14-21-23(28-15-27-21)25(33)35-6-2)12-13-19(22(17)26(3,4)34)18-10-7-8-11-20(18)24-29-31-32-30-24;/h7-8,10-13,15,34H,5-6,9,14H2,1-4H3,(H,27,28)(H,29,30,31,32);1H. The normalized spacial score (nSPS) is 11.2. The third-order valence-corrected chi connectivity index (χ3v) is 5.88. The zero-order valence-corrected chi connectivity index (χ0v) is 21.6. The second-order valence-corrected chi connectivity index (χ2v) is 8.84. The highest BCUT2D eigenvalue weighted by Gasteiger charge is 2.28. The maximum Gasteiger partial charge on any atom is 0.358 e. The molecule has 0 radical (unpaired) electrons. The van der Waals surface area contributed by atoms with E-state index in [1.165, 1.54) is 6.33 Å². The molecule has 2 aromatic heterocycles. The number of nitrogens with one attached hydrogen (secondary N) is 2. The number of aliphatic hydroxyl groups is 1. The molecule has 10 heteroatoms. The summed E-state index contributed by atoms with van der Waals surface area (Å²) in [6, 6.07) is 11.9. The molecule has 0 spiro atoms. The van der Waals surface area contributed by atoms with Gasteiger partial charge in [-0.1, -0.05) is 49.7 Å². The van der Waals surface area contributed by atoms with E-state index in [-0.39, 0.29) is 24.7 Å². The molecule has 0 saturated heterocycles. The van der Waals surface area contributed by atoms with E-state index in [4.69, 9.17) is 4.74 Å². The Balaban J connectivity index is 0.00000361. The van der Waals surface area contributed by atoms with Crippen LogP contribution >= 0.6 is 12.4 Å². The van der Waals surface area contributed by atoms with Crippen molar-refractivity contribution in [2.45, 2.75) is 52.6 Å². The van der Waals surface area contributed by atoms with Crippen molar-refractivity contribution in [1.29, 1.82) is 0 Å². The van der Waals surface area contributed by atoms with Gasteiger partial charge in [-0.15, -0.1) is 22.6 Å². The Bertz CT molecular complexity index is 1310. The Labute approximate surface area is 216 Å². The van der Waals surface area contributed by atoms with Crippen molar-refractivity contribution in [2.24, 2.45) is 0 Å². The van der Waals surface area contributed by atoms with Crippen molar-refractivity contribution in [2.75, 3.05) is 6.61 Å². The number of benzene rings is 2. The molecule has 0 amide bonds. The van der Waals surface area contributed by atoms with Gasteiger partial charge in [-0.05, 0) is 60.2 Å². The summed E-state index contributed by atoms with van der Waals surface area (Å²) in [5, 5.41) is 25.9. The number of H-pyrrole nitrogens is 2. The second kappa shape index (κ2) is 11.5. The van der Waals surface area contributed by atoms with Crippen LogP contribution in [0.15, 0.2) is 42.7 Å². The summed E-state index contributed by atoms with van der Waals surface area (Å²) in [7, 11) is 0. The van der Waals surface area contributed by atoms with Crippen molar-refractivity contribution >= 4 is 18.4 Å². The third kappa shape index (κ3) is 5.47. The van der Waals surface area contributed by atoms with Gasteiger partial charge >= 0.3 is 5.97 Å². The van der Waals surface area contributed by atoms with Gasteiger partial charge in [0.25, 0.3) is 0 Å². The number of hydrogen-bond acceptors (Lipinski definition) is 7. The summed E-state index contributed by atoms with van der Waals surface area (Å²) in [5.74, 6) is 0.0362. The van der Waals surface area contributed by atoms with E-state index in [1.54, 1.807) is 20.8 Å². The van der Waals surface area contributed by atoms with Crippen LogP contribution < -0.4 is 0 Å². The number of halogens is 1. The molecule has 9 nitrogen and oxygen atoms in total. The lowest BCUT2D eigenvalue weighted by molar-refractivity contribution is 0.0518. The molecule has 4 rings (SSSR count). The van der Waals surface area contributed by atoms with Crippen LogP contribution in [0.3, 0.4) is 0 Å². The van der Waals surface area contributed by atoms with E-state index in [2.05, 4.69) is 43.6 Å². The fraction of sp³-hybridized carbons (Fsp3) is 0.346. The first-order valence-electron chi connectivity index (χ1n) is 11.7. The second-order valence-electron chi connectivity index (χ2n) is 8.84. The van der Waals surface area contributed by atoms with E-state index < -0.39 is 11.6 Å². The van der Waals surface area contributed by atoms with Gasteiger partial charge in [-0.25, -0.2) is 9.78 Å². The number of imidazole rings is 1. The van der Waals surface area contributed by atoms with E-state index in [1.807, 2.05) is 30.3 Å². The molecule has 0 aliphatic carbocycles. The minimum Gasteiger partial charge on any atom is -0.461 e. The van der Waals surface area contributed by atoms with Crippen molar-refractivity contribution in [3.8, 4) is 22.5 Å². The summed E-state index contributed by atoms with van der Waals surface area (Å²) in [6.07, 6.45) is 3.61. The summed E-state index contributed by atoms with van der Waals surface area (Å²) < 4.78 is 5.16. The van der Waals surface area contributed by atoms with Crippen molar-refractivity contribution < 1.29 is 14.6 Å². The molecule has 0 fully saturated rings. The number of aromatic amines is 2. The topological polar surface area (TPSA) is 130 Å². The number of tetrazole rings is 1. The largest absolute Gasteiger partial charge is 0.461 e. The van der Waals surface area contributed by atoms with Crippen LogP contribution in [0.5, 0.6) is 0 Å². The molecule has 4 aromatic rings. The number of aromatic nitrogens is 6. The zero-order chi connectivity index (χ0) is 25.0. The fourth-order valence-corrected chi connectivity index (χ4v) is 4.53. The fourth-order valence-electron chi connectivity index (χ4n) is 4.53. The molecule has 190 valence electrons. The Hall–Kier alpha value is -3.56. The average molecular weight is 511 g/mol. The molecule has 0 aliphatic heterocycles. The highest BCUT2D eigenvalue weighted by molar-refractivity contribution is 5.88. The Morgan fingerprint density at radius 2 is 1.83 bits per heavy atom. The van der Waals surface area contributed by atoms with Crippen molar-refractivity contribution in [3.63, 3.8) is 0 Å². The highest BCUT2D eigenvalue weighted by Crippen LogP contribution is 2.40. The van der Waals surface area contributed by atoms with E-state index in [0.29, 0.717) is 17.9 Å². The van der Waals surface area contributed by atoms with Gasteiger partial charge in [0.2, 0.25) is 5.82 Å². The Morgan fingerprint density at radius 3 is 2.47 bits per heavy atom. The van der Waals surface area contributed by atoms with Gasteiger partial charge < -0.3 is 14.8 Å². The smallest absolute Gasteiger partial charge is 0.358 e. The SMILES string of the molecule is CCCc1c(Cc2[nH]cnc2C(=O)OCC)ccc(-c2ccccc2-c2nn[nH]n2)c1C(C)(C)O.Cl. The lowest BCUT2D eigenvalue weighted by Gasteiger charge is -2.28. The molecule has 0 bridgehead atoms. The number of carbonyl (C=O) groups excluding carboxylic acids is 1. The number of nitrogens with zero attached hydrogens (tertiary/aromatic N) is 4. The molecule has 0 unspecified atom stereocenters. The quantitative estimate of drug-likeness (QED) is 0.280. The predicted molar refractivity (Wildman–Crippen MR) is 139 cm³/mol. The maximum atomic E-state index is 12.4. The van der Waals surface area contributed by atoms with Gasteiger partial charge in [0.15, 0.2) is 5.69 Å². The first-order chi connectivity index (χ1) is 16.8. The van der Waals surface area contributed by atoms with Crippen molar-refractivity contribution in [1.82, 2.24) is 30.6 Å². The van der Waals surface area contributed by atoms with Gasteiger partial charge in [-0.2, -0.15) is 5.21 Å². The van der Waals surface area contributed by atoms with Crippen LogP contribution in [0.1, 0.15) is 67.0 Å². The maximum absolute atomic E-state index is 12.4. The number of carbonyl (C=O) groups is 1. The van der Waals surface area contributed by atoms with E-state index in [9.17, 15) is 9.90 Å². The van der Waals surface area contributed by atoms with Crippen LogP contribution in [-0.4, -0.2) is 48.3 Å². The molecule has 2 heterocycles. The van der Waals surface area contributed by atoms with Gasteiger partial charge in [0.1, 0.15) is 0 Å². The summed E-state index contributed by atoms with van der Waals surface area (Å²) >= 11 is 0. The molecule has 0 atom stereocenters. The molecular formula is C26H31ClN6O3. The highest BCUT2D eigenvalue weighted by atomic mass is 35.5. The first-order valence-corrected chi connectivity index (χ1v) is 11.7. The molecule has 2 aromatic carbocycles. The number of esters is 1. The summed E-state index contributed by atoms with van der Waals surface area (Å²) in [6.45, 7) is 7.75. The molecule has 36 heavy (non-hydrogen) atoms. The van der Waals surface area contributed by atoms with Crippen LogP contribution in [0.4, 0.5) is 0 Å². The zero-order valence-electron chi connectivity index (χ0n) is 20.8. The molecule has 0 aliphatic rings. The number of ether oxygens (including phenoxy) is 1. The van der Waals surface area contributed by atoms with Crippen LogP contribution in [-0.2, 0) is 23.2 Å². The first kappa shape index (κ1) is 27.0. The average Bonchev–Trinajstić information content (AvgIpc) is 3.52. The lowest BCUT2D eigenvalue weighted by Crippen LogP contribution is -2.21. The van der Waals surface area contributed by atoms with E-state index >= 15 is 0 Å². The summed E-state index contributed by atoms with van der Waals surface area (Å²) in [4.78, 5) is 19.7. The molecular weight excluding hydrogens is 480 g/mol. The molecule has 3 N–H and O–H groups in total.